The van der Waals surface area contributed by atoms with Gasteiger partial charge >= 0.3 is 0 Å². The van der Waals surface area contributed by atoms with E-state index < -0.39 is 0 Å². The fourth-order valence-electron chi connectivity index (χ4n) is 2.18. The molecule has 3 heteroatoms. The van der Waals surface area contributed by atoms with Gasteiger partial charge in [-0.05, 0) is 29.8 Å². The van der Waals surface area contributed by atoms with Gasteiger partial charge in [-0.3, -0.25) is 0 Å². The number of benzene rings is 1. The van der Waals surface area contributed by atoms with Crippen LogP contribution in [0, 0.1) is 4.51 Å². The molecule has 0 radical (unpaired) electrons. The van der Waals surface area contributed by atoms with E-state index >= 15 is 0 Å². The van der Waals surface area contributed by atoms with E-state index in [2.05, 4.69) is 16.7 Å². The molecular formula is C16H13NOS. The van der Waals surface area contributed by atoms with E-state index in [0.717, 1.165) is 27.2 Å². The molecule has 0 aliphatic rings. The predicted molar refractivity (Wildman–Crippen MR) is 79.4 cm³/mol. The maximum Gasteiger partial charge on any atom is 0.150 e. The van der Waals surface area contributed by atoms with Gasteiger partial charge in [0.05, 0.1) is 12.0 Å². The Bertz CT molecular complexity index is 742. The standard InChI is InChI=1S/C16H13NOS/c1-17-14(12-6-3-2-4-7-12)10-13(19)11-15(17)16-8-5-9-18-16/h2-11H,1H3. The summed E-state index contributed by atoms with van der Waals surface area (Å²) in [5.41, 5.74) is 3.21. The Morgan fingerprint density at radius 3 is 2.37 bits per heavy atom. The van der Waals surface area contributed by atoms with Crippen molar-refractivity contribution < 1.29 is 4.42 Å². The van der Waals surface area contributed by atoms with Gasteiger partial charge in [0, 0.05) is 17.3 Å². The fraction of sp³-hybridized carbons (Fsp3) is 0.0625. The van der Waals surface area contributed by atoms with Crippen molar-refractivity contribution >= 4 is 12.2 Å². The monoisotopic (exact) mass is 267 g/mol. The first-order chi connectivity index (χ1) is 9.25. The molecular weight excluding hydrogens is 254 g/mol. The highest BCUT2D eigenvalue weighted by atomic mass is 32.1. The van der Waals surface area contributed by atoms with E-state index in [1.807, 2.05) is 49.5 Å². The Kier molecular flexibility index (Phi) is 3.05. The van der Waals surface area contributed by atoms with Crippen molar-refractivity contribution in [3.8, 4) is 22.7 Å². The van der Waals surface area contributed by atoms with Crippen molar-refractivity contribution in [3.05, 3.63) is 65.4 Å². The molecule has 0 unspecified atom stereocenters. The molecule has 94 valence electrons. The van der Waals surface area contributed by atoms with Crippen LogP contribution in [0.2, 0.25) is 0 Å². The van der Waals surface area contributed by atoms with Crippen molar-refractivity contribution in [1.29, 1.82) is 0 Å². The molecule has 0 N–H and O–H groups in total. The number of furan rings is 1. The molecule has 0 spiro atoms. The summed E-state index contributed by atoms with van der Waals surface area (Å²) in [6, 6.07) is 18.0. The van der Waals surface area contributed by atoms with Gasteiger partial charge in [-0.15, -0.1) is 0 Å². The van der Waals surface area contributed by atoms with Crippen LogP contribution in [0.3, 0.4) is 0 Å². The summed E-state index contributed by atoms with van der Waals surface area (Å²) in [6.45, 7) is 0. The first kappa shape index (κ1) is 11.9. The lowest BCUT2D eigenvalue weighted by atomic mass is 10.1. The van der Waals surface area contributed by atoms with E-state index in [1.54, 1.807) is 6.26 Å². The molecule has 0 bridgehead atoms. The molecule has 0 atom stereocenters. The fourth-order valence-corrected chi connectivity index (χ4v) is 2.40. The van der Waals surface area contributed by atoms with Crippen LogP contribution < -0.4 is 0 Å². The van der Waals surface area contributed by atoms with Crippen LogP contribution in [-0.4, -0.2) is 4.57 Å². The average Bonchev–Trinajstić information content (AvgIpc) is 2.96. The van der Waals surface area contributed by atoms with E-state index in [-0.39, 0.29) is 0 Å². The largest absolute Gasteiger partial charge is 0.463 e. The minimum absolute atomic E-state index is 0.809. The molecule has 19 heavy (non-hydrogen) atoms. The summed E-state index contributed by atoms with van der Waals surface area (Å²) < 4.78 is 8.39. The van der Waals surface area contributed by atoms with Gasteiger partial charge in [-0.1, -0.05) is 42.5 Å². The van der Waals surface area contributed by atoms with Crippen LogP contribution in [0.1, 0.15) is 0 Å². The number of pyridine rings is 1. The SMILES string of the molecule is Cn1c(-c2ccccc2)cc(=S)cc1-c1ccco1. The second kappa shape index (κ2) is 4.86. The van der Waals surface area contributed by atoms with E-state index in [0.29, 0.717) is 0 Å². The van der Waals surface area contributed by atoms with E-state index in [1.165, 1.54) is 0 Å². The zero-order chi connectivity index (χ0) is 13.2. The first-order valence-electron chi connectivity index (χ1n) is 6.06. The number of aromatic nitrogens is 1. The molecule has 0 saturated heterocycles. The molecule has 3 aromatic rings. The van der Waals surface area contributed by atoms with Crippen LogP contribution in [-0.2, 0) is 7.05 Å². The third-order valence-corrected chi connectivity index (χ3v) is 3.36. The summed E-state index contributed by atoms with van der Waals surface area (Å²) in [5, 5.41) is 0. The molecule has 2 aromatic heterocycles. The smallest absolute Gasteiger partial charge is 0.150 e. The Labute approximate surface area is 116 Å². The summed E-state index contributed by atoms with van der Waals surface area (Å²) >= 11 is 5.37. The quantitative estimate of drug-likeness (QED) is 0.627. The summed E-state index contributed by atoms with van der Waals surface area (Å²) in [4.78, 5) is 0. The van der Waals surface area contributed by atoms with Gasteiger partial charge in [0.25, 0.3) is 0 Å². The number of hydrogen-bond donors (Lipinski definition) is 0. The third kappa shape index (κ3) is 2.25. The highest BCUT2D eigenvalue weighted by molar-refractivity contribution is 7.71. The minimum atomic E-state index is 0.809. The highest BCUT2D eigenvalue weighted by Gasteiger charge is 2.09. The maximum absolute atomic E-state index is 5.48. The van der Waals surface area contributed by atoms with E-state index in [9.17, 15) is 0 Å². The molecule has 1 aromatic carbocycles. The van der Waals surface area contributed by atoms with E-state index in [4.69, 9.17) is 16.6 Å². The van der Waals surface area contributed by atoms with Crippen LogP contribution in [0.25, 0.3) is 22.7 Å². The van der Waals surface area contributed by atoms with Crippen LogP contribution in [0.5, 0.6) is 0 Å². The number of hydrogen-bond acceptors (Lipinski definition) is 2. The Hall–Kier alpha value is -2.13. The Morgan fingerprint density at radius 2 is 1.68 bits per heavy atom. The summed E-state index contributed by atoms with van der Waals surface area (Å²) in [7, 11) is 2.02. The van der Waals surface area contributed by atoms with Gasteiger partial charge in [0.15, 0.2) is 0 Å². The lowest BCUT2D eigenvalue weighted by molar-refractivity contribution is 0.576. The van der Waals surface area contributed by atoms with Gasteiger partial charge < -0.3 is 8.98 Å². The van der Waals surface area contributed by atoms with Crippen molar-refractivity contribution in [2.24, 2.45) is 7.05 Å². The molecule has 2 heterocycles. The molecule has 0 aliphatic heterocycles. The second-order valence-electron chi connectivity index (χ2n) is 4.36. The van der Waals surface area contributed by atoms with Crippen molar-refractivity contribution in [1.82, 2.24) is 4.57 Å². The van der Waals surface area contributed by atoms with Gasteiger partial charge in [-0.25, -0.2) is 0 Å². The van der Waals surface area contributed by atoms with Crippen molar-refractivity contribution in [2.75, 3.05) is 0 Å². The van der Waals surface area contributed by atoms with Crippen LogP contribution >= 0.6 is 12.2 Å². The summed E-state index contributed by atoms with van der Waals surface area (Å²) in [6.07, 6.45) is 1.67. The molecule has 0 aliphatic carbocycles. The Balaban J connectivity index is 2.25. The van der Waals surface area contributed by atoms with Crippen LogP contribution in [0.4, 0.5) is 0 Å². The Morgan fingerprint density at radius 1 is 0.947 bits per heavy atom. The van der Waals surface area contributed by atoms with Crippen LogP contribution in [0.15, 0.2) is 65.3 Å². The normalized spacial score (nSPS) is 10.6. The number of nitrogens with zero attached hydrogens (tertiary/aromatic N) is 1. The molecule has 0 amide bonds. The predicted octanol–water partition coefficient (Wildman–Crippen LogP) is 4.68. The number of rotatable bonds is 2. The van der Waals surface area contributed by atoms with Gasteiger partial charge in [0.2, 0.25) is 0 Å². The molecule has 3 rings (SSSR count). The van der Waals surface area contributed by atoms with Gasteiger partial charge in [-0.2, -0.15) is 0 Å². The average molecular weight is 267 g/mol. The lowest BCUT2D eigenvalue weighted by Crippen LogP contribution is -2.00. The lowest BCUT2D eigenvalue weighted by Gasteiger charge is -2.13. The van der Waals surface area contributed by atoms with Crippen molar-refractivity contribution in [2.45, 2.75) is 0 Å². The molecule has 0 saturated carbocycles. The molecule has 0 fully saturated rings. The maximum atomic E-state index is 5.48. The summed E-state index contributed by atoms with van der Waals surface area (Å²) in [5.74, 6) is 0.825. The van der Waals surface area contributed by atoms with Crippen molar-refractivity contribution in [3.63, 3.8) is 0 Å². The molecule has 2 nitrogen and oxygen atoms in total. The third-order valence-electron chi connectivity index (χ3n) is 3.12. The second-order valence-corrected chi connectivity index (χ2v) is 4.84. The minimum Gasteiger partial charge on any atom is -0.463 e. The zero-order valence-electron chi connectivity index (χ0n) is 10.5. The highest BCUT2D eigenvalue weighted by Crippen LogP contribution is 2.26. The first-order valence-corrected chi connectivity index (χ1v) is 6.47. The topological polar surface area (TPSA) is 18.1 Å². The van der Waals surface area contributed by atoms with Gasteiger partial charge in [0.1, 0.15) is 5.76 Å². The zero-order valence-corrected chi connectivity index (χ0v) is 11.4.